The minimum absolute atomic E-state index is 0.130. The summed E-state index contributed by atoms with van der Waals surface area (Å²) in [6.07, 6.45) is 1.49. The number of benzene rings is 1. The van der Waals surface area contributed by atoms with Crippen molar-refractivity contribution in [3.63, 3.8) is 0 Å². The van der Waals surface area contributed by atoms with E-state index in [1.165, 1.54) is 18.1 Å². The highest BCUT2D eigenvalue weighted by atomic mass is 32.2. The van der Waals surface area contributed by atoms with Gasteiger partial charge in [0.2, 0.25) is 5.91 Å². The summed E-state index contributed by atoms with van der Waals surface area (Å²) in [5.74, 6) is 1.08. The second kappa shape index (κ2) is 7.82. The van der Waals surface area contributed by atoms with Crippen LogP contribution in [-0.4, -0.2) is 35.3 Å². The fourth-order valence-electron chi connectivity index (χ4n) is 1.87. The van der Waals surface area contributed by atoms with Crippen molar-refractivity contribution in [3.05, 3.63) is 36.3 Å². The highest BCUT2D eigenvalue weighted by Gasteiger charge is 2.17. The number of anilines is 1. The van der Waals surface area contributed by atoms with Gasteiger partial charge in [0.1, 0.15) is 22.9 Å². The lowest BCUT2D eigenvalue weighted by molar-refractivity contribution is -0.115. The van der Waals surface area contributed by atoms with E-state index in [0.29, 0.717) is 17.2 Å². The molecule has 0 saturated carbocycles. The normalized spacial score (nSPS) is 11.7. The van der Waals surface area contributed by atoms with Crippen LogP contribution in [0.1, 0.15) is 12.6 Å². The van der Waals surface area contributed by atoms with Crippen LogP contribution in [-0.2, 0) is 4.79 Å². The van der Waals surface area contributed by atoms with Crippen molar-refractivity contribution >= 4 is 23.4 Å². The van der Waals surface area contributed by atoms with Gasteiger partial charge in [-0.15, -0.1) is 0 Å². The lowest BCUT2D eigenvalue weighted by atomic mass is 10.2. The number of nitrogens with zero attached hydrogens (tertiary/aromatic N) is 2. The van der Waals surface area contributed by atoms with Gasteiger partial charge in [0, 0.05) is 11.8 Å². The van der Waals surface area contributed by atoms with Gasteiger partial charge in [0.25, 0.3) is 0 Å². The van der Waals surface area contributed by atoms with Crippen molar-refractivity contribution in [1.29, 1.82) is 0 Å². The Labute approximate surface area is 139 Å². The van der Waals surface area contributed by atoms with Crippen LogP contribution in [0.5, 0.6) is 11.5 Å². The average molecular weight is 333 g/mol. The molecule has 1 aromatic heterocycles. The maximum absolute atomic E-state index is 12.4. The van der Waals surface area contributed by atoms with Gasteiger partial charge >= 0.3 is 0 Å². The third kappa shape index (κ3) is 4.59. The van der Waals surface area contributed by atoms with Gasteiger partial charge in [-0.2, -0.15) is 0 Å². The van der Waals surface area contributed by atoms with E-state index in [9.17, 15) is 4.79 Å². The second-order valence-corrected chi connectivity index (χ2v) is 6.17. The summed E-state index contributed by atoms with van der Waals surface area (Å²) >= 11 is 1.38. The number of hydrogen-bond donors (Lipinski definition) is 1. The van der Waals surface area contributed by atoms with Gasteiger partial charge in [-0.3, -0.25) is 4.79 Å². The average Bonchev–Trinajstić information content (AvgIpc) is 2.55. The van der Waals surface area contributed by atoms with Gasteiger partial charge < -0.3 is 14.8 Å². The van der Waals surface area contributed by atoms with Crippen LogP contribution in [0.4, 0.5) is 5.69 Å². The van der Waals surface area contributed by atoms with Crippen LogP contribution in [0.3, 0.4) is 0 Å². The van der Waals surface area contributed by atoms with Gasteiger partial charge in [0.05, 0.1) is 25.2 Å². The number of ether oxygens (including phenoxy) is 2. The summed E-state index contributed by atoms with van der Waals surface area (Å²) in [7, 11) is 3.13. The van der Waals surface area contributed by atoms with Crippen molar-refractivity contribution < 1.29 is 14.3 Å². The molecule has 1 amide bonds. The van der Waals surface area contributed by atoms with Gasteiger partial charge in [0.15, 0.2) is 0 Å². The summed E-state index contributed by atoms with van der Waals surface area (Å²) in [5, 5.41) is 3.32. The van der Waals surface area contributed by atoms with Gasteiger partial charge in [-0.1, -0.05) is 11.8 Å². The molecule has 0 saturated heterocycles. The molecular weight excluding hydrogens is 314 g/mol. The standard InChI is InChI=1S/C16H19N3O3S/c1-10-7-15(18-9-17-10)23-11(2)16(20)19-13-6-5-12(21-3)8-14(13)22-4/h5-9,11H,1-4H3,(H,19,20). The molecule has 0 aliphatic rings. The number of carbonyl (C=O) groups is 1. The molecule has 1 unspecified atom stereocenters. The molecule has 2 rings (SSSR count). The number of amides is 1. The molecule has 0 aliphatic heterocycles. The quantitative estimate of drug-likeness (QED) is 0.647. The molecule has 2 aromatic rings. The van der Waals surface area contributed by atoms with Crippen LogP contribution in [0.25, 0.3) is 0 Å². The Morgan fingerprint density at radius 1 is 1.22 bits per heavy atom. The highest BCUT2D eigenvalue weighted by Crippen LogP contribution is 2.30. The van der Waals surface area contributed by atoms with Crippen LogP contribution >= 0.6 is 11.8 Å². The van der Waals surface area contributed by atoms with E-state index in [0.717, 1.165) is 10.7 Å². The first kappa shape index (κ1) is 17.1. The number of aromatic nitrogens is 2. The molecule has 0 spiro atoms. The van der Waals surface area contributed by atoms with E-state index in [2.05, 4.69) is 15.3 Å². The number of nitrogens with one attached hydrogen (secondary N) is 1. The second-order valence-electron chi connectivity index (χ2n) is 4.81. The number of aryl methyl sites for hydroxylation is 1. The van der Waals surface area contributed by atoms with Crippen molar-refractivity contribution in [2.75, 3.05) is 19.5 Å². The molecule has 122 valence electrons. The Hall–Kier alpha value is -2.28. The molecule has 1 heterocycles. The molecule has 0 radical (unpaired) electrons. The Morgan fingerprint density at radius 3 is 2.65 bits per heavy atom. The number of methoxy groups -OCH3 is 2. The van der Waals surface area contributed by atoms with E-state index < -0.39 is 0 Å². The molecule has 0 aliphatic carbocycles. The van der Waals surface area contributed by atoms with E-state index in [-0.39, 0.29) is 11.2 Å². The Kier molecular flexibility index (Phi) is 5.81. The molecule has 7 heteroatoms. The van der Waals surface area contributed by atoms with E-state index >= 15 is 0 Å². The SMILES string of the molecule is COc1ccc(NC(=O)C(C)Sc2cc(C)ncn2)c(OC)c1. The zero-order chi connectivity index (χ0) is 16.8. The van der Waals surface area contributed by atoms with Crippen molar-refractivity contribution in [1.82, 2.24) is 9.97 Å². The van der Waals surface area contributed by atoms with Gasteiger partial charge in [-0.05, 0) is 32.0 Å². The number of rotatable bonds is 6. The lowest BCUT2D eigenvalue weighted by Gasteiger charge is -2.14. The van der Waals surface area contributed by atoms with E-state index in [1.54, 1.807) is 32.4 Å². The third-order valence-electron chi connectivity index (χ3n) is 3.11. The minimum Gasteiger partial charge on any atom is -0.497 e. The summed E-state index contributed by atoms with van der Waals surface area (Å²) in [5.41, 5.74) is 1.47. The molecule has 1 atom stereocenters. The largest absolute Gasteiger partial charge is 0.497 e. The first-order chi connectivity index (χ1) is 11.0. The Morgan fingerprint density at radius 2 is 2.00 bits per heavy atom. The number of carbonyl (C=O) groups excluding carboxylic acids is 1. The van der Waals surface area contributed by atoms with Crippen LogP contribution in [0.2, 0.25) is 0 Å². The molecule has 0 bridgehead atoms. The van der Waals surface area contributed by atoms with E-state index in [1.807, 2.05) is 19.9 Å². The number of hydrogen-bond acceptors (Lipinski definition) is 6. The van der Waals surface area contributed by atoms with Crippen LogP contribution < -0.4 is 14.8 Å². The maximum Gasteiger partial charge on any atom is 0.237 e. The summed E-state index contributed by atoms with van der Waals surface area (Å²) in [4.78, 5) is 20.6. The van der Waals surface area contributed by atoms with Crippen molar-refractivity contribution in [2.24, 2.45) is 0 Å². The van der Waals surface area contributed by atoms with Crippen molar-refractivity contribution in [3.8, 4) is 11.5 Å². The molecule has 0 fully saturated rings. The Bertz CT molecular complexity index is 694. The summed E-state index contributed by atoms with van der Waals surface area (Å²) in [6.45, 7) is 3.71. The third-order valence-corrected chi connectivity index (χ3v) is 4.14. The predicted octanol–water partition coefficient (Wildman–Crippen LogP) is 2.92. The number of thioether (sulfide) groups is 1. The van der Waals surface area contributed by atoms with Gasteiger partial charge in [-0.25, -0.2) is 9.97 Å². The fourth-order valence-corrected chi connectivity index (χ4v) is 2.74. The topological polar surface area (TPSA) is 73.3 Å². The summed E-state index contributed by atoms with van der Waals surface area (Å²) < 4.78 is 10.4. The Balaban J connectivity index is 2.06. The van der Waals surface area contributed by atoms with Crippen LogP contribution in [0.15, 0.2) is 35.6 Å². The fraction of sp³-hybridized carbons (Fsp3) is 0.312. The highest BCUT2D eigenvalue weighted by molar-refractivity contribution is 8.00. The molecular formula is C16H19N3O3S. The molecule has 6 nitrogen and oxygen atoms in total. The summed E-state index contributed by atoms with van der Waals surface area (Å²) in [6, 6.07) is 7.09. The first-order valence-corrected chi connectivity index (χ1v) is 7.89. The van der Waals surface area contributed by atoms with E-state index in [4.69, 9.17) is 9.47 Å². The molecule has 23 heavy (non-hydrogen) atoms. The maximum atomic E-state index is 12.4. The molecule has 1 aromatic carbocycles. The van der Waals surface area contributed by atoms with Crippen LogP contribution in [0, 0.1) is 6.92 Å². The zero-order valence-corrected chi connectivity index (χ0v) is 14.3. The first-order valence-electron chi connectivity index (χ1n) is 7.01. The minimum atomic E-state index is -0.309. The smallest absolute Gasteiger partial charge is 0.237 e. The lowest BCUT2D eigenvalue weighted by Crippen LogP contribution is -2.22. The monoisotopic (exact) mass is 333 g/mol. The molecule has 1 N–H and O–H groups in total. The van der Waals surface area contributed by atoms with Crippen molar-refractivity contribution in [2.45, 2.75) is 24.1 Å². The zero-order valence-electron chi connectivity index (χ0n) is 13.5. The predicted molar refractivity (Wildman–Crippen MR) is 90.3 cm³/mol.